The van der Waals surface area contributed by atoms with Gasteiger partial charge in [0.1, 0.15) is 0 Å². The lowest BCUT2D eigenvalue weighted by Crippen LogP contribution is -2.16. The molecule has 0 bridgehead atoms. The number of aliphatic hydroxyl groups excluding tert-OH is 1. The van der Waals surface area contributed by atoms with Crippen LogP contribution < -0.4 is 4.90 Å². The first-order valence-corrected chi connectivity index (χ1v) is 7.99. The van der Waals surface area contributed by atoms with Gasteiger partial charge in [0.2, 0.25) is 0 Å². The summed E-state index contributed by atoms with van der Waals surface area (Å²) in [6.07, 6.45) is -0.464. The Morgan fingerprint density at radius 2 is 1.90 bits per heavy atom. The van der Waals surface area contributed by atoms with E-state index in [0.29, 0.717) is 0 Å². The smallest absolute Gasteiger partial charge is 0.0772 e. The molecule has 0 unspecified atom stereocenters. The van der Waals surface area contributed by atoms with Crippen molar-refractivity contribution in [2.24, 2.45) is 0 Å². The van der Waals surface area contributed by atoms with Crippen LogP contribution in [0.3, 0.4) is 0 Å². The molecule has 0 aliphatic heterocycles. The molecule has 2 nitrogen and oxygen atoms in total. The molecular formula is C16H17Br2NO. The van der Waals surface area contributed by atoms with Gasteiger partial charge in [-0.1, -0.05) is 50.1 Å². The van der Waals surface area contributed by atoms with E-state index in [1.807, 2.05) is 30.3 Å². The van der Waals surface area contributed by atoms with E-state index in [9.17, 15) is 5.11 Å². The molecule has 1 N–H and O–H groups in total. The number of halogens is 2. The van der Waals surface area contributed by atoms with Crippen LogP contribution in [0.4, 0.5) is 5.69 Å². The Morgan fingerprint density at radius 3 is 2.50 bits per heavy atom. The van der Waals surface area contributed by atoms with Crippen LogP contribution in [-0.4, -0.2) is 12.2 Å². The van der Waals surface area contributed by atoms with E-state index in [4.69, 9.17) is 0 Å². The molecule has 0 aliphatic rings. The highest BCUT2D eigenvalue weighted by Crippen LogP contribution is 2.28. The second-order valence-corrected chi connectivity index (χ2v) is 6.64. The number of hydrogen-bond donors (Lipinski definition) is 1. The van der Waals surface area contributed by atoms with E-state index < -0.39 is 6.10 Å². The van der Waals surface area contributed by atoms with E-state index in [-0.39, 0.29) is 0 Å². The maximum Gasteiger partial charge on any atom is 0.0772 e. The van der Waals surface area contributed by atoms with Crippen LogP contribution in [0.2, 0.25) is 0 Å². The minimum Gasteiger partial charge on any atom is -0.389 e. The third-order valence-corrected chi connectivity index (χ3v) is 4.36. The molecule has 2 aromatic carbocycles. The normalized spacial score (nSPS) is 12.2. The SMILES string of the molecule is C[C@H](O)c1ccc(N(C)Cc2cccc(Br)c2)cc1Br. The van der Waals surface area contributed by atoms with E-state index in [1.54, 1.807) is 6.92 Å². The second kappa shape index (κ2) is 6.74. The van der Waals surface area contributed by atoms with E-state index in [1.165, 1.54) is 5.56 Å². The van der Waals surface area contributed by atoms with Crippen molar-refractivity contribution in [2.75, 3.05) is 11.9 Å². The van der Waals surface area contributed by atoms with Crippen molar-refractivity contribution in [3.63, 3.8) is 0 Å². The summed E-state index contributed by atoms with van der Waals surface area (Å²) in [5, 5.41) is 9.65. The molecule has 0 spiro atoms. The predicted molar refractivity (Wildman–Crippen MR) is 91.0 cm³/mol. The highest BCUT2D eigenvalue weighted by Gasteiger charge is 2.09. The van der Waals surface area contributed by atoms with Gasteiger partial charge in [-0.2, -0.15) is 0 Å². The van der Waals surface area contributed by atoms with Crippen molar-refractivity contribution in [1.29, 1.82) is 0 Å². The third kappa shape index (κ3) is 3.84. The van der Waals surface area contributed by atoms with Gasteiger partial charge in [-0.3, -0.25) is 0 Å². The number of rotatable bonds is 4. The van der Waals surface area contributed by atoms with Crippen molar-refractivity contribution < 1.29 is 5.11 Å². The van der Waals surface area contributed by atoms with Crippen molar-refractivity contribution in [3.8, 4) is 0 Å². The van der Waals surface area contributed by atoms with Crippen molar-refractivity contribution in [3.05, 3.63) is 62.5 Å². The quantitative estimate of drug-likeness (QED) is 0.791. The monoisotopic (exact) mass is 397 g/mol. The Labute approximate surface area is 136 Å². The minimum atomic E-state index is -0.464. The highest BCUT2D eigenvalue weighted by molar-refractivity contribution is 9.10. The minimum absolute atomic E-state index is 0.464. The summed E-state index contributed by atoms with van der Waals surface area (Å²) in [4.78, 5) is 2.18. The topological polar surface area (TPSA) is 23.5 Å². The largest absolute Gasteiger partial charge is 0.389 e. The average Bonchev–Trinajstić information content (AvgIpc) is 2.38. The fourth-order valence-electron chi connectivity index (χ4n) is 2.09. The number of nitrogens with zero attached hydrogens (tertiary/aromatic N) is 1. The van der Waals surface area contributed by atoms with Crippen LogP contribution >= 0.6 is 31.9 Å². The van der Waals surface area contributed by atoms with Crippen LogP contribution in [0.25, 0.3) is 0 Å². The Hall–Kier alpha value is -0.840. The Morgan fingerprint density at radius 1 is 1.15 bits per heavy atom. The molecule has 0 radical (unpaired) electrons. The van der Waals surface area contributed by atoms with Gasteiger partial charge in [-0.05, 0) is 42.3 Å². The molecule has 4 heteroatoms. The fraction of sp³-hybridized carbons (Fsp3) is 0.250. The number of benzene rings is 2. The zero-order valence-electron chi connectivity index (χ0n) is 11.5. The molecule has 0 aliphatic carbocycles. The summed E-state index contributed by atoms with van der Waals surface area (Å²) in [5.41, 5.74) is 3.27. The molecule has 0 saturated heterocycles. The van der Waals surface area contributed by atoms with Gasteiger partial charge in [-0.25, -0.2) is 0 Å². The van der Waals surface area contributed by atoms with Gasteiger partial charge in [0.15, 0.2) is 0 Å². The summed E-state index contributed by atoms with van der Waals surface area (Å²) in [7, 11) is 2.06. The summed E-state index contributed by atoms with van der Waals surface area (Å²) in [6.45, 7) is 2.60. The Bertz CT molecular complexity index is 599. The lowest BCUT2D eigenvalue weighted by Gasteiger charge is -2.21. The van der Waals surface area contributed by atoms with Gasteiger partial charge in [0, 0.05) is 28.2 Å². The molecule has 0 fully saturated rings. The zero-order chi connectivity index (χ0) is 14.7. The number of anilines is 1. The first-order valence-electron chi connectivity index (χ1n) is 6.40. The van der Waals surface area contributed by atoms with Crippen LogP contribution in [0.15, 0.2) is 51.4 Å². The van der Waals surface area contributed by atoms with Crippen LogP contribution in [-0.2, 0) is 6.54 Å². The molecule has 2 aromatic rings. The van der Waals surface area contributed by atoms with E-state index >= 15 is 0 Å². The second-order valence-electron chi connectivity index (χ2n) is 4.87. The van der Waals surface area contributed by atoms with Gasteiger partial charge in [0.25, 0.3) is 0 Å². The molecular weight excluding hydrogens is 382 g/mol. The summed E-state index contributed by atoms with van der Waals surface area (Å²) < 4.78 is 2.03. The van der Waals surface area contributed by atoms with Crippen molar-refractivity contribution >= 4 is 37.5 Å². The molecule has 0 aromatic heterocycles. The molecule has 1 atom stereocenters. The van der Waals surface area contributed by atoms with Gasteiger partial charge < -0.3 is 10.0 Å². The molecule has 0 amide bonds. The fourth-order valence-corrected chi connectivity index (χ4v) is 3.24. The standard InChI is InChI=1S/C16H17Br2NO/c1-11(20)15-7-6-14(9-16(15)18)19(2)10-12-4-3-5-13(17)8-12/h3-9,11,20H,10H2,1-2H3/t11-/m0/s1. The predicted octanol–water partition coefficient (Wildman–Crippen LogP) is 4.90. The van der Waals surface area contributed by atoms with Gasteiger partial charge >= 0.3 is 0 Å². The van der Waals surface area contributed by atoms with Crippen LogP contribution in [0, 0.1) is 0 Å². The first kappa shape index (κ1) is 15.5. The van der Waals surface area contributed by atoms with E-state index in [2.05, 4.69) is 55.9 Å². The number of aliphatic hydroxyl groups is 1. The highest BCUT2D eigenvalue weighted by atomic mass is 79.9. The third-order valence-electron chi connectivity index (χ3n) is 3.18. The van der Waals surface area contributed by atoms with Gasteiger partial charge in [-0.15, -0.1) is 0 Å². The first-order chi connectivity index (χ1) is 9.47. The maximum absolute atomic E-state index is 9.65. The summed E-state index contributed by atoms with van der Waals surface area (Å²) in [6, 6.07) is 14.3. The van der Waals surface area contributed by atoms with E-state index in [0.717, 1.165) is 26.7 Å². The van der Waals surface area contributed by atoms with Crippen molar-refractivity contribution in [2.45, 2.75) is 19.6 Å². The van der Waals surface area contributed by atoms with Crippen molar-refractivity contribution in [1.82, 2.24) is 0 Å². The Balaban J connectivity index is 2.17. The lowest BCUT2D eigenvalue weighted by molar-refractivity contribution is 0.198. The van der Waals surface area contributed by atoms with Crippen LogP contribution in [0.1, 0.15) is 24.2 Å². The number of hydrogen-bond acceptors (Lipinski definition) is 2. The zero-order valence-corrected chi connectivity index (χ0v) is 14.6. The molecule has 0 heterocycles. The average molecular weight is 399 g/mol. The molecule has 20 heavy (non-hydrogen) atoms. The molecule has 2 rings (SSSR count). The Kier molecular flexibility index (Phi) is 5.24. The summed E-state index contributed by atoms with van der Waals surface area (Å²) in [5.74, 6) is 0. The van der Waals surface area contributed by atoms with Crippen LogP contribution in [0.5, 0.6) is 0 Å². The summed E-state index contributed by atoms with van der Waals surface area (Å²) >= 11 is 7.01. The van der Waals surface area contributed by atoms with Gasteiger partial charge in [0.05, 0.1) is 6.10 Å². The maximum atomic E-state index is 9.65. The molecule has 106 valence electrons. The molecule has 0 saturated carbocycles. The lowest BCUT2D eigenvalue weighted by atomic mass is 10.1.